The summed E-state index contributed by atoms with van der Waals surface area (Å²) < 4.78 is 23.3. The highest BCUT2D eigenvalue weighted by atomic mass is 19.1. The summed E-state index contributed by atoms with van der Waals surface area (Å²) in [6, 6.07) is 8.61. The van der Waals surface area contributed by atoms with E-state index in [4.69, 9.17) is 9.72 Å². The van der Waals surface area contributed by atoms with Gasteiger partial charge in [0.1, 0.15) is 34.4 Å². The number of nitrogens with one attached hydrogen (secondary N) is 2. The molecule has 0 radical (unpaired) electrons. The lowest BCUT2D eigenvalue weighted by atomic mass is 9.93. The van der Waals surface area contributed by atoms with Gasteiger partial charge >= 0.3 is 0 Å². The summed E-state index contributed by atoms with van der Waals surface area (Å²) in [5.41, 5.74) is 3.03. The van der Waals surface area contributed by atoms with E-state index >= 15 is 4.39 Å². The zero-order valence-corrected chi connectivity index (χ0v) is 23.4. The lowest BCUT2D eigenvalue weighted by molar-refractivity contribution is -0.117. The van der Waals surface area contributed by atoms with E-state index in [-0.39, 0.29) is 17.6 Å². The van der Waals surface area contributed by atoms with E-state index in [1.807, 2.05) is 18.0 Å². The van der Waals surface area contributed by atoms with Crippen LogP contribution in [0.3, 0.4) is 0 Å². The Balaban J connectivity index is 1.25. The highest BCUT2D eigenvalue weighted by Gasteiger charge is 2.28. The van der Waals surface area contributed by atoms with Gasteiger partial charge in [-0.1, -0.05) is 18.7 Å². The molecule has 0 saturated carbocycles. The van der Waals surface area contributed by atoms with Gasteiger partial charge in [0.25, 0.3) is 0 Å². The number of fused-ring (bicyclic) bond motifs is 2. The molecule has 0 unspecified atom stereocenters. The second-order valence-electron chi connectivity index (χ2n) is 10.3. The van der Waals surface area contributed by atoms with Crippen molar-refractivity contribution in [2.24, 2.45) is 13.0 Å². The van der Waals surface area contributed by atoms with Gasteiger partial charge in [0.05, 0.1) is 17.4 Å². The topological polar surface area (TPSA) is 136 Å². The van der Waals surface area contributed by atoms with Crippen molar-refractivity contribution < 1.29 is 13.9 Å². The van der Waals surface area contributed by atoms with Gasteiger partial charge in [-0.2, -0.15) is 0 Å². The lowest BCUT2D eigenvalue weighted by Gasteiger charge is -2.37. The number of aryl methyl sites for hydroxylation is 1. The molecule has 3 aromatic heterocycles. The average Bonchev–Trinajstić information content (AvgIpc) is 3.37. The van der Waals surface area contributed by atoms with Crippen molar-refractivity contribution in [3.8, 4) is 11.5 Å². The maximum absolute atomic E-state index is 15.6. The fourth-order valence-electron chi connectivity index (χ4n) is 4.98. The van der Waals surface area contributed by atoms with Gasteiger partial charge in [-0.3, -0.25) is 4.79 Å². The molecule has 214 valence electrons. The first-order chi connectivity index (χ1) is 20.3. The van der Waals surface area contributed by atoms with Gasteiger partial charge in [0.15, 0.2) is 11.6 Å². The van der Waals surface area contributed by atoms with E-state index < -0.39 is 5.82 Å². The Morgan fingerprint density at radius 1 is 1.19 bits per heavy atom. The highest BCUT2D eigenvalue weighted by molar-refractivity contribution is 5.88. The van der Waals surface area contributed by atoms with Crippen LogP contribution >= 0.6 is 0 Å². The molecule has 13 heteroatoms. The fourth-order valence-corrected chi connectivity index (χ4v) is 4.98. The molecule has 1 amide bonds. The minimum Gasteiger partial charge on any atom is -0.457 e. The Bertz CT molecular complexity index is 1820. The van der Waals surface area contributed by atoms with Gasteiger partial charge in [-0.05, 0) is 49.6 Å². The first-order valence-electron chi connectivity index (χ1n) is 13.5. The molecule has 42 heavy (non-hydrogen) atoms. The van der Waals surface area contributed by atoms with Crippen LogP contribution in [0.15, 0.2) is 55.5 Å². The van der Waals surface area contributed by atoms with Crippen LogP contribution in [-0.2, 0) is 11.8 Å². The number of carbonyl (C=O) groups is 1. The van der Waals surface area contributed by atoms with E-state index in [9.17, 15) is 4.79 Å². The van der Waals surface area contributed by atoms with Crippen LogP contribution in [0, 0.1) is 18.7 Å². The van der Waals surface area contributed by atoms with E-state index in [0.717, 1.165) is 18.5 Å². The third-order valence-corrected chi connectivity index (χ3v) is 7.52. The zero-order chi connectivity index (χ0) is 29.4. The molecule has 0 spiro atoms. The fraction of sp³-hybridized carbons (Fsp3) is 0.276. The number of benzene rings is 2. The smallest absolute Gasteiger partial charge is 0.243 e. The van der Waals surface area contributed by atoms with Crippen molar-refractivity contribution in [1.29, 1.82) is 0 Å². The Kier molecular flexibility index (Phi) is 7.07. The van der Waals surface area contributed by atoms with Gasteiger partial charge in [-0.15, -0.1) is 5.10 Å². The van der Waals surface area contributed by atoms with Crippen molar-refractivity contribution in [3.05, 3.63) is 66.9 Å². The number of piperidine rings is 1. The molecule has 2 N–H and O–H groups in total. The van der Waals surface area contributed by atoms with Gasteiger partial charge in [0.2, 0.25) is 11.9 Å². The summed E-state index contributed by atoms with van der Waals surface area (Å²) in [7, 11) is 1.81. The highest BCUT2D eigenvalue weighted by Crippen LogP contribution is 2.33. The predicted octanol–water partition coefficient (Wildman–Crippen LogP) is 4.20. The van der Waals surface area contributed by atoms with E-state index in [0.29, 0.717) is 57.8 Å². The number of aromatic nitrogens is 7. The van der Waals surface area contributed by atoms with Crippen molar-refractivity contribution in [2.45, 2.75) is 26.3 Å². The first-order valence-corrected chi connectivity index (χ1v) is 13.5. The first kappa shape index (κ1) is 27.0. The molecular weight excluding hydrogens is 539 g/mol. The Morgan fingerprint density at radius 3 is 2.88 bits per heavy atom. The van der Waals surface area contributed by atoms with Crippen LogP contribution in [0.4, 0.5) is 21.8 Å². The molecule has 2 atom stereocenters. The van der Waals surface area contributed by atoms with Crippen LogP contribution in [0.5, 0.6) is 11.5 Å². The quantitative estimate of drug-likeness (QED) is 0.275. The number of amides is 1. The number of anilines is 3. The van der Waals surface area contributed by atoms with Gasteiger partial charge < -0.3 is 20.3 Å². The minimum atomic E-state index is -0.486. The summed E-state index contributed by atoms with van der Waals surface area (Å²) >= 11 is 0. The molecule has 4 heterocycles. The lowest BCUT2D eigenvalue weighted by Crippen LogP contribution is -2.52. The van der Waals surface area contributed by atoms with Crippen LogP contribution < -0.4 is 20.3 Å². The standard InChI is InChI=1S/C29H29FN10O2/c1-5-25(41)34-22-14-40(11-10-16(22)2)29-31-13-21-27(36-29)28(33-15-32-21)35-19-7-9-24(17(3)26(19)30)42-18-6-8-23-20(12-18)37-38-39(23)4/h5-9,12-13,15-16,22H,1,10-11,14H2,2-4H3,(H,34,41)(H,32,33,35)/t16-,22-/m1/s1. The largest absolute Gasteiger partial charge is 0.457 e. The van der Waals surface area contributed by atoms with Crippen molar-refractivity contribution in [1.82, 2.24) is 40.2 Å². The molecule has 5 aromatic rings. The molecule has 1 saturated heterocycles. The molecule has 6 rings (SSSR count). The van der Waals surface area contributed by atoms with Crippen LogP contribution in [0.25, 0.3) is 22.1 Å². The average molecular weight is 569 g/mol. The Hall–Kier alpha value is -5.20. The zero-order valence-electron chi connectivity index (χ0n) is 23.4. The normalized spacial score (nSPS) is 16.9. The number of hydrogen-bond donors (Lipinski definition) is 2. The Morgan fingerprint density at radius 2 is 2.05 bits per heavy atom. The third kappa shape index (κ3) is 5.16. The number of halogens is 1. The van der Waals surface area contributed by atoms with Crippen molar-refractivity contribution >= 4 is 45.4 Å². The van der Waals surface area contributed by atoms with E-state index in [1.54, 1.807) is 42.1 Å². The molecule has 0 bridgehead atoms. The summed E-state index contributed by atoms with van der Waals surface area (Å²) in [4.78, 5) is 31.8. The molecule has 1 aliphatic heterocycles. The summed E-state index contributed by atoms with van der Waals surface area (Å²) in [5, 5.41) is 14.2. The number of nitrogens with zero attached hydrogens (tertiary/aromatic N) is 8. The summed E-state index contributed by atoms with van der Waals surface area (Å²) in [6.07, 6.45) is 5.12. The molecule has 1 fully saturated rings. The molecule has 2 aromatic carbocycles. The van der Waals surface area contributed by atoms with Gasteiger partial charge in [-0.25, -0.2) is 29.0 Å². The summed E-state index contributed by atoms with van der Waals surface area (Å²) in [6.45, 7) is 8.56. The molecular formula is C29H29FN10O2. The second kappa shape index (κ2) is 11.0. The number of ether oxygens (including phenoxy) is 1. The molecule has 1 aliphatic rings. The third-order valence-electron chi connectivity index (χ3n) is 7.52. The number of carbonyl (C=O) groups excluding carboxylic acids is 1. The maximum Gasteiger partial charge on any atom is 0.243 e. The van der Waals surface area contributed by atoms with Crippen LogP contribution in [0.2, 0.25) is 0 Å². The maximum atomic E-state index is 15.6. The van der Waals surface area contributed by atoms with E-state index in [2.05, 4.69) is 49.4 Å². The second-order valence-corrected chi connectivity index (χ2v) is 10.3. The van der Waals surface area contributed by atoms with Crippen LogP contribution in [0.1, 0.15) is 18.9 Å². The predicted molar refractivity (Wildman–Crippen MR) is 156 cm³/mol. The van der Waals surface area contributed by atoms with Crippen LogP contribution in [-0.4, -0.2) is 60.0 Å². The number of rotatable bonds is 7. The number of hydrogen-bond acceptors (Lipinski definition) is 10. The molecule has 12 nitrogen and oxygen atoms in total. The molecule has 0 aliphatic carbocycles. The monoisotopic (exact) mass is 568 g/mol. The Labute approximate surface area is 240 Å². The SMILES string of the molecule is C=CC(=O)N[C@@H]1CN(c2ncc3ncnc(Nc4ccc(Oc5ccc6c(c5)nnn6C)c(C)c4F)c3n2)CC[C@H]1C. The minimum absolute atomic E-state index is 0.0755. The van der Waals surface area contributed by atoms with Gasteiger partial charge in [0, 0.05) is 37.8 Å². The van der Waals surface area contributed by atoms with E-state index in [1.165, 1.54) is 12.4 Å². The van der Waals surface area contributed by atoms with Crippen molar-refractivity contribution in [2.75, 3.05) is 23.3 Å². The summed E-state index contributed by atoms with van der Waals surface area (Å²) in [5.74, 6) is 1.30. The van der Waals surface area contributed by atoms with Crippen molar-refractivity contribution in [3.63, 3.8) is 0 Å².